The molecule has 0 aliphatic rings. The summed E-state index contributed by atoms with van der Waals surface area (Å²) in [6.07, 6.45) is -0.804. The second-order valence-electron chi connectivity index (χ2n) is 4.85. The highest BCUT2D eigenvalue weighted by Gasteiger charge is 2.20. The Balaban J connectivity index is 3.00. The van der Waals surface area contributed by atoms with Gasteiger partial charge in [-0.05, 0) is 32.9 Å². The number of nitrogens with one attached hydrogen (secondary N) is 1. The number of alkyl halides is 1. The number of para-hydroxylation sites is 1. The van der Waals surface area contributed by atoms with Gasteiger partial charge in [-0.3, -0.25) is 10.1 Å². The number of hydrogen-bond acceptors (Lipinski definition) is 3. The Labute approximate surface area is 119 Å². The molecule has 0 atom stereocenters. The van der Waals surface area contributed by atoms with Crippen molar-refractivity contribution in [2.45, 2.75) is 26.4 Å². The fourth-order valence-electron chi connectivity index (χ4n) is 1.36. The summed E-state index contributed by atoms with van der Waals surface area (Å²) in [6.45, 7) is 5.08. The van der Waals surface area contributed by atoms with Crippen molar-refractivity contribution in [3.63, 3.8) is 0 Å². The normalized spacial score (nSPS) is 11.0. The lowest BCUT2D eigenvalue weighted by Crippen LogP contribution is -2.28. The molecule has 1 aromatic carbocycles. The van der Waals surface area contributed by atoms with E-state index in [-0.39, 0.29) is 22.4 Å². The fourth-order valence-corrected chi connectivity index (χ4v) is 1.66. The van der Waals surface area contributed by atoms with Crippen molar-refractivity contribution in [2.24, 2.45) is 0 Å². The highest BCUT2D eigenvalue weighted by Crippen LogP contribution is 2.22. The van der Waals surface area contributed by atoms with Crippen LogP contribution in [0.2, 0.25) is 0 Å². The predicted octanol–water partition coefficient (Wildman–Crippen LogP) is 3.75. The first-order valence-electron chi connectivity index (χ1n) is 5.62. The van der Waals surface area contributed by atoms with Crippen LogP contribution in [0.3, 0.4) is 0 Å². The van der Waals surface area contributed by atoms with Crippen molar-refractivity contribution in [2.75, 3.05) is 10.6 Å². The molecule has 0 bridgehead atoms. The second-order valence-corrected chi connectivity index (χ2v) is 5.41. The number of ketones is 1. The zero-order valence-corrected chi connectivity index (χ0v) is 12.5. The quantitative estimate of drug-likeness (QED) is 0.677. The van der Waals surface area contributed by atoms with Crippen LogP contribution >= 0.6 is 15.9 Å². The molecule has 0 saturated carbocycles. The van der Waals surface area contributed by atoms with Crippen LogP contribution in [0.25, 0.3) is 0 Å². The molecule has 19 heavy (non-hydrogen) atoms. The van der Waals surface area contributed by atoms with Gasteiger partial charge in [0.2, 0.25) is 0 Å². The van der Waals surface area contributed by atoms with Crippen LogP contribution in [0, 0.1) is 5.82 Å². The third kappa shape index (κ3) is 4.63. The van der Waals surface area contributed by atoms with Gasteiger partial charge in [0.1, 0.15) is 11.4 Å². The maximum atomic E-state index is 13.7. The maximum Gasteiger partial charge on any atom is 0.412 e. The van der Waals surface area contributed by atoms with Crippen molar-refractivity contribution in [3.05, 3.63) is 29.6 Å². The summed E-state index contributed by atoms with van der Waals surface area (Å²) in [7, 11) is 0. The first kappa shape index (κ1) is 15.6. The lowest BCUT2D eigenvalue weighted by Gasteiger charge is -2.20. The largest absolute Gasteiger partial charge is 0.444 e. The molecule has 4 nitrogen and oxygen atoms in total. The highest BCUT2D eigenvalue weighted by molar-refractivity contribution is 9.09. The monoisotopic (exact) mass is 331 g/mol. The number of benzene rings is 1. The van der Waals surface area contributed by atoms with E-state index < -0.39 is 17.5 Å². The summed E-state index contributed by atoms with van der Waals surface area (Å²) in [6, 6.07) is 4.02. The number of carbonyl (C=O) groups is 2. The Hall–Kier alpha value is -1.43. The number of hydrogen-bond donors (Lipinski definition) is 1. The first-order valence-corrected chi connectivity index (χ1v) is 6.74. The van der Waals surface area contributed by atoms with E-state index in [1.807, 2.05) is 0 Å². The van der Waals surface area contributed by atoms with Gasteiger partial charge in [-0.2, -0.15) is 0 Å². The number of ether oxygens (including phenoxy) is 1. The van der Waals surface area contributed by atoms with E-state index in [1.165, 1.54) is 12.1 Å². The van der Waals surface area contributed by atoms with Crippen LogP contribution in [0.1, 0.15) is 31.1 Å². The second kappa shape index (κ2) is 6.14. The van der Waals surface area contributed by atoms with E-state index in [0.717, 1.165) is 6.07 Å². The molecule has 0 saturated heterocycles. The minimum absolute atomic E-state index is 0.0411. The van der Waals surface area contributed by atoms with Gasteiger partial charge in [0.25, 0.3) is 0 Å². The van der Waals surface area contributed by atoms with Crippen molar-refractivity contribution < 1.29 is 18.7 Å². The smallest absolute Gasteiger partial charge is 0.412 e. The summed E-state index contributed by atoms with van der Waals surface area (Å²) in [5.74, 6) is -1.01. The SMILES string of the molecule is CC(C)(C)OC(=O)Nc1c(F)cccc1C(=O)CBr. The Morgan fingerprint density at radius 1 is 1.37 bits per heavy atom. The molecule has 0 unspecified atom stereocenters. The van der Waals surface area contributed by atoms with Crippen LogP contribution in [-0.2, 0) is 4.74 Å². The van der Waals surface area contributed by atoms with E-state index in [2.05, 4.69) is 21.2 Å². The number of halogens is 2. The molecule has 0 aromatic heterocycles. The Morgan fingerprint density at radius 3 is 2.53 bits per heavy atom. The first-order chi connectivity index (χ1) is 8.74. The van der Waals surface area contributed by atoms with Crippen molar-refractivity contribution >= 4 is 33.5 Å². The Bertz CT molecular complexity index is 497. The minimum Gasteiger partial charge on any atom is -0.444 e. The van der Waals surface area contributed by atoms with E-state index in [4.69, 9.17) is 4.74 Å². The lowest BCUT2D eigenvalue weighted by atomic mass is 10.1. The average Bonchev–Trinajstić information content (AvgIpc) is 2.28. The standard InChI is InChI=1S/C13H15BrFNO3/c1-13(2,3)19-12(18)16-11-8(10(17)7-14)5-4-6-9(11)15/h4-6H,7H2,1-3H3,(H,16,18). The average molecular weight is 332 g/mol. The predicted molar refractivity (Wildman–Crippen MR) is 74.4 cm³/mol. The Kier molecular flexibility index (Phi) is 5.05. The molecule has 6 heteroatoms. The molecular formula is C13H15BrFNO3. The van der Waals surface area contributed by atoms with Crippen LogP contribution in [0.15, 0.2) is 18.2 Å². The van der Waals surface area contributed by atoms with E-state index in [0.29, 0.717) is 0 Å². The molecule has 0 fully saturated rings. The van der Waals surface area contributed by atoms with Crippen molar-refractivity contribution in [1.29, 1.82) is 0 Å². The highest BCUT2D eigenvalue weighted by atomic mass is 79.9. The van der Waals surface area contributed by atoms with Crippen molar-refractivity contribution in [1.82, 2.24) is 0 Å². The molecule has 0 heterocycles. The summed E-state index contributed by atoms with van der Waals surface area (Å²) in [4.78, 5) is 23.3. The van der Waals surface area contributed by atoms with Gasteiger partial charge in [-0.25, -0.2) is 9.18 Å². The topological polar surface area (TPSA) is 55.4 Å². The summed E-state index contributed by atoms with van der Waals surface area (Å²) < 4.78 is 18.7. The molecule has 0 aliphatic carbocycles. The molecule has 1 aromatic rings. The summed E-state index contributed by atoms with van der Waals surface area (Å²) in [5.41, 5.74) is -0.765. The molecule has 1 amide bonds. The number of carbonyl (C=O) groups excluding carboxylic acids is 2. The van der Waals surface area contributed by atoms with Crippen LogP contribution in [0.4, 0.5) is 14.9 Å². The number of amides is 1. The van der Waals surface area contributed by atoms with E-state index in [9.17, 15) is 14.0 Å². The van der Waals surface area contributed by atoms with Gasteiger partial charge >= 0.3 is 6.09 Å². The zero-order valence-electron chi connectivity index (χ0n) is 10.9. The molecule has 1 rings (SSSR count). The Morgan fingerprint density at radius 2 is 2.00 bits per heavy atom. The van der Waals surface area contributed by atoms with E-state index >= 15 is 0 Å². The maximum absolute atomic E-state index is 13.7. The fraction of sp³-hybridized carbons (Fsp3) is 0.385. The molecule has 0 aliphatic heterocycles. The summed E-state index contributed by atoms with van der Waals surface area (Å²) in [5, 5.41) is 2.31. The van der Waals surface area contributed by atoms with Crippen molar-refractivity contribution in [3.8, 4) is 0 Å². The number of rotatable bonds is 3. The van der Waals surface area contributed by atoms with Gasteiger partial charge in [0.15, 0.2) is 5.78 Å². The minimum atomic E-state index is -0.804. The van der Waals surface area contributed by atoms with Gasteiger partial charge in [0.05, 0.1) is 11.0 Å². The molecule has 104 valence electrons. The molecule has 0 radical (unpaired) electrons. The van der Waals surface area contributed by atoms with Gasteiger partial charge in [-0.15, -0.1) is 0 Å². The molecule has 0 spiro atoms. The van der Waals surface area contributed by atoms with Crippen LogP contribution < -0.4 is 5.32 Å². The number of Topliss-reactive ketones (excluding diaryl/α,β-unsaturated/α-hetero) is 1. The van der Waals surface area contributed by atoms with Gasteiger partial charge < -0.3 is 4.74 Å². The number of anilines is 1. The van der Waals surface area contributed by atoms with Crippen LogP contribution in [-0.4, -0.2) is 22.8 Å². The lowest BCUT2D eigenvalue weighted by molar-refractivity contribution is 0.0635. The van der Waals surface area contributed by atoms with Gasteiger partial charge in [0, 0.05) is 5.56 Å². The molecular weight excluding hydrogens is 317 g/mol. The summed E-state index contributed by atoms with van der Waals surface area (Å²) >= 11 is 3.01. The third-order valence-corrected chi connectivity index (χ3v) is 2.57. The zero-order chi connectivity index (χ0) is 14.6. The molecule has 1 N–H and O–H groups in total. The third-order valence-electron chi connectivity index (χ3n) is 2.06. The van der Waals surface area contributed by atoms with E-state index in [1.54, 1.807) is 20.8 Å². The van der Waals surface area contributed by atoms with Gasteiger partial charge in [-0.1, -0.05) is 22.0 Å². The van der Waals surface area contributed by atoms with Crippen LogP contribution in [0.5, 0.6) is 0 Å².